The van der Waals surface area contributed by atoms with Gasteiger partial charge in [-0.3, -0.25) is 14.2 Å². The van der Waals surface area contributed by atoms with Crippen LogP contribution in [0.15, 0.2) is 122 Å². The Kier molecular flexibility index (Phi) is 59.8. The number of carbonyl (C=O) groups excluding carboxylic acids is 2. The third-order valence-corrected chi connectivity index (χ3v) is 15.6. The first-order chi connectivity index (χ1) is 40.9. The molecule has 0 aromatic carbocycles. The van der Waals surface area contributed by atoms with Gasteiger partial charge in [0.2, 0.25) is 5.91 Å². The summed E-state index contributed by atoms with van der Waals surface area (Å²) in [4.78, 5) is 40.1. The molecular weight excluding hydrogens is 1060 g/mol. The molecule has 10 heteroatoms. The van der Waals surface area contributed by atoms with Crippen LogP contribution >= 0.6 is 7.82 Å². The summed E-state index contributed by atoms with van der Waals surface area (Å²) in [5, 5.41) is 3.03. The van der Waals surface area contributed by atoms with E-state index >= 15 is 0 Å². The van der Waals surface area contributed by atoms with E-state index in [-0.39, 0.29) is 24.9 Å². The van der Waals surface area contributed by atoms with Gasteiger partial charge in [-0.25, -0.2) is 0 Å². The summed E-state index contributed by atoms with van der Waals surface area (Å²) in [6, 6.07) is -0.916. The third kappa shape index (κ3) is 62.9. The van der Waals surface area contributed by atoms with Crippen LogP contribution in [-0.2, 0) is 27.9 Å². The first-order valence-corrected chi connectivity index (χ1v) is 35.8. The minimum atomic E-state index is -4.72. The van der Waals surface area contributed by atoms with Crippen molar-refractivity contribution in [2.75, 3.05) is 40.9 Å². The van der Waals surface area contributed by atoms with E-state index in [1.807, 2.05) is 33.3 Å². The largest absolute Gasteiger partial charge is 0.756 e. The van der Waals surface area contributed by atoms with Gasteiger partial charge in [-0.2, -0.15) is 0 Å². The molecule has 0 saturated heterocycles. The molecule has 0 saturated carbocycles. The molecular formula is C74H129N2O7P. The number of hydrogen-bond donors (Lipinski definition) is 1. The third-order valence-electron chi connectivity index (χ3n) is 14.6. The summed E-state index contributed by atoms with van der Waals surface area (Å²) in [5.41, 5.74) is 0. The van der Waals surface area contributed by atoms with Crippen molar-refractivity contribution in [3.63, 3.8) is 0 Å². The average Bonchev–Trinajstić information content (AvgIpc) is 3.65. The smallest absolute Gasteiger partial charge is 0.306 e. The molecule has 1 amide bonds. The van der Waals surface area contributed by atoms with Crippen molar-refractivity contribution < 1.29 is 37.3 Å². The lowest BCUT2D eigenvalue weighted by Gasteiger charge is -2.30. The topological polar surface area (TPSA) is 114 Å². The monoisotopic (exact) mass is 1190 g/mol. The number of phosphoric acid groups is 1. The molecule has 9 nitrogen and oxygen atoms in total. The second-order valence-corrected chi connectivity index (χ2v) is 25.4. The van der Waals surface area contributed by atoms with Crippen molar-refractivity contribution in [3.05, 3.63) is 122 Å². The van der Waals surface area contributed by atoms with Crippen molar-refractivity contribution in [2.24, 2.45) is 0 Å². The van der Waals surface area contributed by atoms with Gasteiger partial charge in [0.15, 0.2) is 0 Å². The van der Waals surface area contributed by atoms with E-state index < -0.39 is 26.6 Å². The van der Waals surface area contributed by atoms with Gasteiger partial charge in [-0.05, 0) is 122 Å². The number of nitrogens with one attached hydrogen (secondary N) is 1. The average molecular weight is 1190 g/mol. The normalized spacial score (nSPS) is 14.3. The van der Waals surface area contributed by atoms with E-state index in [1.165, 1.54) is 135 Å². The number of rotatable bonds is 61. The zero-order chi connectivity index (χ0) is 61.4. The van der Waals surface area contributed by atoms with Gasteiger partial charge in [-0.1, -0.05) is 271 Å². The van der Waals surface area contributed by atoms with Gasteiger partial charge in [0.05, 0.1) is 33.8 Å². The van der Waals surface area contributed by atoms with Gasteiger partial charge in [0.25, 0.3) is 7.82 Å². The van der Waals surface area contributed by atoms with E-state index in [4.69, 9.17) is 13.8 Å². The Labute approximate surface area is 518 Å². The second-order valence-electron chi connectivity index (χ2n) is 23.9. The number of ether oxygens (including phenoxy) is 1. The van der Waals surface area contributed by atoms with Crippen LogP contribution in [0.25, 0.3) is 0 Å². The van der Waals surface area contributed by atoms with E-state index in [1.54, 1.807) is 0 Å². The number of unbranched alkanes of at least 4 members (excludes halogenated alkanes) is 27. The number of phosphoric ester groups is 1. The standard InChI is InChI=1S/C74H129N2O7P/c1-7-10-13-16-19-22-25-28-30-32-34-36-37-38-39-41-42-44-46-48-51-54-57-60-63-66-73(77)75-71(70-82-84(79,80)81-69-68-76(4,5)6)72(65-62-59-56-53-50-27-24-21-18-15-12-9-3)83-74(78)67-64-61-58-55-52-49-47-45-43-40-35-33-31-29-26-23-20-17-14-11-8-2/h11,14,19-20,22-23,28-31,34-36,40,45,47,52,55,62,65,71-72H,7-10,12-13,15-18,21,24-27,32-33,37-39,41-44,46,48-51,53-54,56-61,63-64,66-70H2,1-6H3,(H-,75,77,79,80)/b14-11-,22-19-,23-20-,30-28-,31-29-,36-34-,40-35-,47-45-,55-52-,65-62-. The predicted molar refractivity (Wildman–Crippen MR) is 362 cm³/mol. The molecule has 0 bridgehead atoms. The summed E-state index contributed by atoms with van der Waals surface area (Å²) in [6.07, 6.45) is 87.5. The lowest BCUT2D eigenvalue weighted by molar-refractivity contribution is -0.870. The van der Waals surface area contributed by atoms with E-state index in [9.17, 15) is 19.0 Å². The molecule has 0 aromatic rings. The van der Waals surface area contributed by atoms with E-state index in [2.05, 4.69) is 135 Å². The molecule has 84 heavy (non-hydrogen) atoms. The summed E-state index contributed by atoms with van der Waals surface area (Å²) in [5.74, 6) is -0.597. The summed E-state index contributed by atoms with van der Waals surface area (Å²) >= 11 is 0. The van der Waals surface area contributed by atoms with Crippen LogP contribution in [0.4, 0.5) is 0 Å². The molecule has 0 radical (unpaired) electrons. The van der Waals surface area contributed by atoms with E-state index in [0.29, 0.717) is 23.9 Å². The summed E-state index contributed by atoms with van der Waals surface area (Å²) in [7, 11) is 1.15. The SMILES string of the molecule is CC/C=C\C/C=C\C/C=C\C/C=C\C/C=C\C/C=C\CCCCC(=O)OC(/C=C\CCCCCCCCCCCC)C(COP(=O)([O-])OCC[N+](C)(C)C)NC(=O)CCCCCCCCCCCCCC/C=C\C/C=C\C/C=C\CCCCC. The molecule has 3 atom stereocenters. The maximum atomic E-state index is 13.6. The van der Waals surface area contributed by atoms with Crippen molar-refractivity contribution in [2.45, 2.75) is 296 Å². The number of hydrogen-bond acceptors (Lipinski definition) is 7. The van der Waals surface area contributed by atoms with Crippen LogP contribution in [0.2, 0.25) is 0 Å². The summed E-state index contributed by atoms with van der Waals surface area (Å²) in [6.45, 7) is 6.67. The highest BCUT2D eigenvalue weighted by atomic mass is 31.2. The van der Waals surface area contributed by atoms with Crippen molar-refractivity contribution in [3.8, 4) is 0 Å². The second kappa shape index (κ2) is 62.5. The molecule has 0 rings (SSSR count). The maximum Gasteiger partial charge on any atom is 0.306 e. The molecule has 0 fully saturated rings. The number of carbonyl (C=O) groups is 2. The molecule has 0 aliphatic carbocycles. The number of allylic oxidation sites excluding steroid dienone is 19. The molecule has 0 aromatic heterocycles. The molecule has 1 N–H and O–H groups in total. The fourth-order valence-corrected chi connectivity index (χ4v) is 10.1. The molecule has 482 valence electrons. The lowest BCUT2D eigenvalue weighted by atomic mass is 10.0. The number of likely N-dealkylation sites (N-methyl/N-ethyl adjacent to an activating group) is 1. The Balaban J connectivity index is 5.19. The molecule has 0 aliphatic rings. The lowest BCUT2D eigenvalue weighted by Crippen LogP contribution is -2.47. The number of esters is 1. The molecule has 0 spiro atoms. The van der Waals surface area contributed by atoms with Crippen molar-refractivity contribution in [1.29, 1.82) is 0 Å². The molecule has 0 aliphatic heterocycles. The highest BCUT2D eigenvalue weighted by Crippen LogP contribution is 2.38. The van der Waals surface area contributed by atoms with Gasteiger partial charge in [0.1, 0.15) is 19.3 Å². The van der Waals surface area contributed by atoms with Gasteiger partial charge in [-0.15, -0.1) is 0 Å². The fraction of sp³-hybridized carbons (Fsp3) is 0.703. The first-order valence-electron chi connectivity index (χ1n) is 34.3. The number of quaternary nitrogens is 1. The minimum absolute atomic E-state index is 0.0355. The molecule has 3 unspecified atom stereocenters. The highest BCUT2D eigenvalue weighted by Gasteiger charge is 2.27. The Morgan fingerprint density at radius 2 is 0.762 bits per heavy atom. The Hall–Kier alpha value is -3.59. The van der Waals surface area contributed by atoms with Gasteiger partial charge >= 0.3 is 5.97 Å². The minimum Gasteiger partial charge on any atom is -0.756 e. The number of amides is 1. The maximum absolute atomic E-state index is 13.6. The quantitative estimate of drug-likeness (QED) is 0.0212. The van der Waals surface area contributed by atoms with Crippen LogP contribution in [0, 0.1) is 0 Å². The zero-order valence-corrected chi connectivity index (χ0v) is 56.0. The van der Waals surface area contributed by atoms with Crippen LogP contribution in [0.1, 0.15) is 284 Å². The predicted octanol–water partition coefficient (Wildman–Crippen LogP) is 21.2. The Bertz CT molecular complexity index is 1850. The van der Waals surface area contributed by atoms with Crippen LogP contribution in [0.3, 0.4) is 0 Å². The number of nitrogens with zero attached hydrogens (tertiary/aromatic N) is 1. The fourth-order valence-electron chi connectivity index (χ4n) is 9.36. The van der Waals surface area contributed by atoms with Crippen molar-refractivity contribution in [1.82, 2.24) is 5.32 Å². The molecule has 0 heterocycles. The Morgan fingerprint density at radius 1 is 0.429 bits per heavy atom. The zero-order valence-electron chi connectivity index (χ0n) is 55.1. The van der Waals surface area contributed by atoms with Crippen LogP contribution in [0.5, 0.6) is 0 Å². The van der Waals surface area contributed by atoms with Gasteiger partial charge in [0, 0.05) is 12.8 Å². The summed E-state index contributed by atoms with van der Waals surface area (Å²) < 4.78 is 30.4. The van der Waals surface area contributed by atoms with Gasteiger partial charge < -0.3 is 28.5 Å². The highest BCUT2D eigenvalue weighted by molar-refractivity contribution is 7.45. The van der Waals surface area contributed by atoms with E-state index in [0.717, 1.165) is 109 Å². The van der Waals surface area contributed by atoms with Crippen LogP contribution in [-0.4, -0.2) is 69.4 Å². The Morgan fingerprint density at radius 3 is 1.18 bits per heavy atom. The van der Waals surface area contributed by atoms with Crippen molar-refractivity contribution >= 4 is 19.7 Å². The first kappa shape index (κ1) is 80.4. The van der Waals surface area contributed by atoms with Crippen LogP contribution < -0.4 is 10.2 Å².